The highest BCUT2D eigenvalue weighted by Gasteiger charge is 2.23. The molecule has 0 fully saturated rings. The molecule has 3 aromatic carbocycles. The summed E-state index contributed by atoms with van der Waals surface area (Å²) in [5, 5.41) is 2.81. The van der Waals surface area contributed by atoms with E-state index in [0.29, 0.717) is 17.5 Å². The van der Waals surface area contributed by atoms with E-state index in [1.807, 2.05) is 36.1 Å². The molecule has 5 heteroatoms. The maximum Gasteiger partial charge on any atom is 0.251 e. The van der Waals surface area contributed by atoms with E-state index in [1.165, 1.54) is 17.7 Å². The molecule has 1 N–H and O–H groups in total. The van der Waals surface area contributed by atoms with Crippen LogP contribution in [0.25, 0.3) is 11.1 Å². The number of rotatable bonds is 5. The van der Waals surface area contributed by atoms with Gasteiger partial charge in [-0.25, -0.2) is 4.39 Å². The Balaban J connectivity index is 1.45. The lowest BCUT2D eigenvalue weighted by molar-refractivity contribution is -0.118. The molecule has 0 spiro atoms. The van der Waals surface area contributed by atoms with E-state index in [4.69, 9.17) is 0 Å². The van der Waals surface area contributed by atoms with Crippen molar-refractivity contribution in [3.63, 3.8) is 0 Å². The number of halogens is 1. The van der Waals surface area contributed by atoms with Crippen LogP contribution in [-0.4, -0.2) is 18.4 Å². The third kappa shape index (κ3) is 4.10. The van der Waals surface area contributed by atoms with Crippen molar-refractivity contribution < 1.29 is 14.0 Å². The van der Waals surface area contributed by atoms with E-state index in [1.54, 1.807) is 24.3 Å². The summed E-state index contributed by atoms with van der Waals surface area (Å²) in [7, 11) is 0. The van der Waals surface area contributed by atoms with E-state index in [9.17, 15) is 14.0 Å². The third-order valence-corrected chi connectivity index (χ3v) is 5.40. The lowest BCUT2D eigenvalue weighted by Crippen LogP contribution is -2.27. The Morgan fingerprint density at radius 3 is 2.50 bits per heavy atom. The van der Waals surface area contributed by atoms with E-state index in [2.05, 4.69) is 11.4 Å². The summed E-state index contributed by atoms with van der Waals surface area (Å²) in [6, 6.07) is 19.7. The number of carbonyl (C=O) groups excluding carboxylic acids is 2. The standard InChI is InChI=1S/C25H23FN2O2/c1-2-24(29)28-13-12-21-15-20(10-11-23(21)28)18-6-8-19(9-7-18)25(30)27-16-17-4-3-5-22(26)14-17/h3-11,14-15H,2,12-13,16H2,1H3,(H,27,30). The molecule has 152 valence electrons. The van der Waals surface area contributed by atoms with Crippen molar-refractivity contribution >= 4 is 17.5 Å². The second kappa shape index (κ2) is 8.49. The molecule has 1 aliphatic rings. The minimum absolute atomic E-state index is 0.148. The first-order valence-corrected chi connectivity index (χ1v) is 10.1. The van der Waals surface area contributed by atoms with E-state index in [-0.39, 0.29) is 24.2 Å². The van der Waals surface area contributed by atoms with Gasteiger partial charge in [0.05, 0.1) is 0 Å². The largest absolute Gasteiger partial charge is 0.348 e. The molecule has 3 aromatic rings. The Bertz CT molecular complexity index is 1090. The van der Waals surface area contributed by atoms with Gasteiger partial charge in [0.15, 0.2) is 0 Å². The predicted octanol–water partition coefficient (Wildman–Crippen LogP) is 4.72. The van der Waals surface area contributed by atoms with Crippen LogP contribution >= 0.6 is 0 Å². The number of amides is 2. The fourth-order valence-corrected chi connectivity index (χ4v) is 3.78. The van der Waals surface area contributed by atoms with Crippen LogP contribution in [0.3, 0.4) is 0 Å². The van der Waals surface area contributed by atoms with Gasteiger partial charge < -0.3 is 10.2 Å². The molecule has 2 amide bonds. The Morgan fingerprint density at radius 1 is 1.00 bits per heavy atom. The molecule has 0 aromatic heterocycles. The Morgan fingerprint density at radius 2 is 1.77 bits per heavy atom. The summed E-state index contributed by atoms with van der Waals surface area (Å²) in [6.07, 6.45) is 1.36. The number of nitrogens with zero attached hydrogens (tertiary/aromatic N) is 1. The smallest absolute Gasteiger partial charge is 0.251 e. The maximum atomic E-state index is 13.3. The van der Waals surface area contributed by atoms with Crippen LogP contribution in [0.15, 0.2) is 66.7 Å². The molecule has 0 saturated carbocycles. The van der Waals surface area contributed by atoms with Gasteiger partial charge in [-0.2, -0.15) is 0 Å². The van der Waals surface area contributed by atoms with Crippen molar-refractivity contribution in [3.05, 3.63) is 89.2 Å². The van der Waals surface area contributed by atoms with Crippen molar-refractivity contribution in [3.8, 4) is 11.1 Å². The van der Waals surface area contributed by atoms with Gasteiger partial charge in [-0.1, -0.05) is 37.3 Å². The van der Waals surface area contributed by atoms with Gasteiger partial charge in [0.1, 0.15) is 5.82 Å². The molecule has 0 unspecified atom stereocenters. The van der Waals surface area contributed by atoms with Gasteiger partial charge >= 0.3 is 0 Å². The molecular weight excluding hydrogens is 379 g/mol. The number of benzene rings is 3. The van der Waals surface area contributed by atoms with Gasteiger partial charge in [-0.05, 0) is 65.1 Å². The zero-order valence-corrected chi connectivity index (χ0v) is 16.8. The molecule has 0 saturated heterocycles. The van der Waals surface area contributed by atoms with Crippen LogP contribution in [0, 0.1) is 5.82 Å². The van der Waals surface area contributed by atoms with Gasteiger partial charge in [0.2, 0.25) is 5.91 Å². The van der Waals surface area contributed by atoms with Crippen molar-refractivity contribution in [1.82, 2.24) is 5.32 Å². The van der Waals surface area contributed by atoms with Crippen molar-refractivity contribution in [2.24, 2.45) is 0 Å². The monoisotopic (exact) mass is 402 g/mol. The molecule has 4 rings (SSSR count). The third-order valence-electron chi connectivity index (χ3n) is 5.40. The fraction of sp³-hybridized carbons (Fsp3) is 0.200. The van der Waals surface area contributed by atoms with Crippen LogP contribution in [0.2, 0.25) is 0 Å². The summed E-state index contributed by atoms with van der Waals surface area (Å²) >= 11 is 0. The van der Waals surface area contributed by atoms with Gasteiger partial charge in [0, 0.05) is 30.8 Å². The Hall–Kier alpha value is -3.47. The highest BCUT2D eigenvalue weighted by atomic mass is 19.1. The van der Waals surface area contributed by atoms with Crippen molar-refractivity contribution in [2.75, 3.05) is 11.4 Å². The number of hydrogen-bond donors (Lipinski definition) is 1. The zero-order chi connectivity index (χ0) is 21.1. The summed E-state index contributed by atoms with van der Waals surface area (Å²) in [5.41, 5.74) is 5.51. The second-order valence-electron chi connectivity index (χ2n) is 7.38. The van der Waals surface area contributed by atoms with Gasteiger partial charge in [-0.15, -0.1) is 0 Å². The van der Waals surface area contributed by atoms with Crippen LogP contribution in [0.5, 0.6) is 0 Å². The summed E-state index contributed by atoms with van der Waals surface area (Å²) < 4.78 is 13.3. The topological polar surface area (TPSA) is 49.4 Å². The van der Waals surface area contributed by atoms with Gasteiger partial charge in [-0.3, -0.25) is 9.59 Å². The van der Waals surface area contributed by atoms with Crippen LogP contribution in [0.4, 0.5) is 10.1 Å². The number of fused-ring (bicyclic) bond motifs is 1. The van der Waals surface area contributed by atoms with E-state index >= 15 is 0 Å². The Labute approximate surface area is 175 Å². The van der Waals surface area contributed by atoms with E-state index in [0.717, 1.165) is 29.8 Å². The molecule has 1 heterocycles. The molecule has 1 aliphatic heterocycles. The summed E-state index contributed by atoms with van der Waals surface area (Å²) in [4.78, 5) is 26.3. The fourth-order valence-electron chi connectivity index (χ4n) is 3.78. The molecule has 0 bridgehead atoms. The van der Waals surface area contributed by atoms with Crippen molar-refractivity contribution in [2.45, 2.75) is 26.3 Å². The number of nitrogens with one attached hydrogen (secondary N) is 1. The zero-order valence-electron chi connectivity index (χ0n) is 16.8. The summed E-state index contributed by atoms with van der Waals surface area (Å²) in [5.74, 6) is -0.369. The minimum atomic E-state index is -0.317. The molecule has 30 heavy (non-hydrogen) atoms. The summed E-state index contributed by atoms with van der Waals surface area (Å²) in [6.45, 7) is 2.89. The number of anilines is 1. The maximum absolute atomic E-state index is 13.3. The first-order chi connectivity index (χ1) is 14.5. The normalized spacial score (nSPS) is 12.5. The van der Waals surface area contributed by atoms with E-state index < -0.39 is 0 Å². The molecular formula is C25H23FN2O2. The average molecular weight is 402 g/mol. The first-order valence-electron chi connectivity index (χ1n) is 10.1. The molecule has 0 atom stereocenters. The average Bonchev–Trinajstić information content (AvgIpc) is 3.20. The highest BCUT2D eigenvalue weighted by Crippen LogP contribution is 2.32. The lowest BCUT2D eigenvalue weighted by Gasteiger charge is -2.16. The lowest BCUT2D eigenvalue weighted by atomic mass is 10.0. The quantitative estimate of drug-likeness (QED) is 0.671. The molecule has 0 aliphatic carbocycles. The van der Waals surface area contributed by atoms with Crippen LogP contribution in [-0.2, 0) is 17.8 Å². The molecule has 0 radical (unpaired) electrons. The number of carbonyl (C=O) groups is 2. The molecule has 4 nitrogen and oxygen atoms in total. The van der Waals surface area contributed by atoms with Crippen LogP contribution < -0.4 is 10.2 Å². The van der Waals surface area contributed by atoms with Crippen molar-refractivity contribution in [1.29, 1.82) is 0 Å². The Kier molecular flexibility index (Phi) is 5.61. The first kappa shape index (κ1) is 19.8. The minimum Gasteiger partial charge on any atom is -0.348 e. The number of hydrogen-bond acceptors (Lipinski definition) is 2. The highest BCUT2D eigenvalue weighted by molar-refractivity contribution is 5.96. The van der Waals surface area contributed by atoms with Crippen LogP contribution in [0.1, 0.15) is 34.8 Å². The SMILES string of the molecule is CCC(=O)N1CCc2cc(-c3ccc(C(=O)NCc4cccc(F)c4)cc3)ccc21. The predicted molar refractivity (Wildman–Crippen MR) is 116 cm³/mol. The second-order valence-corrected chi connectivity index (χ2v) is 7.38. The van der Waals surface area contributed by atoms with Gasteiger partial charge in [0.25, 0.3) is 5.91 Å².